The van der Waals surface area contributed by atoms with Crippen molar-refractivity contribution in [3.63, 3.8) is 0 Å². The number of aromatic amines is 1. The van der Waals surface area contributed by atoms with Crippen LogP contribution >= 0.6 is 0 Å². The summed E-state index contributed by atoms with van der Waals surface area (Å²) in [4.78, 5) is 46.9. The van der Waals surface area contributed by atoms with Crippen LogP contribution in [0.15, 0.2) is 17.3 Å². The summed E-state index contributed by atoms with van der Waals surface area (Å²) in [7, 11) is 1.66. The maximum atomic E-state index is 12.8. The highest BCUT2D eigenvalue weighted by molar-refractivity contribution is 5.93. The average Bonchev–Trinajstić information content (AvgIpc) is 2.65. The average molecular weight is 362 g/mol. The number of ether oxygens (including phenoxy) is 1. The van der Waals surface area contributed by atoms with Crippen molar-refractivity contribution in [2.75, 3.05) is 39.9 Å². The number of carbonyl (C=O) groups excluding carboxylic acids is 2. The Morgan fingerprint density at radius 1 is 1.35 bits per heavy atom. The van der Waals surface area contributed by atoms with Gasteiger partial charge in [0.15, 0.2) is 0 Å². The molecule has 2 amide bonds. The first kappa shape index (κ1) is 18.6. The summed E-state index contributed by atoms with van der Waals surface area (Å²) in [5, 5.41) is 0. The Bertz CT molecular complexity index is 719. The van der Waals surface area contributed by atoms with Crippen molar-refractivity contribution in [3.05, 3.63) is 28.4 Å². The highest BCUT2D eigenvalue weighted by Crippen LogP contribution is 2.39. The fraction of sp³-hybridized carbons (Fsp3) is 0.667. The van der Waals surface area contributed by atoms with E-state index >= 15 is 0 Å². The monoisotopic (exact) mass is 362 g/mol. The SMILES string of the molecule is COCCCN1C[C@@]2(CCCN(C(=O)c3cnc[nH]c3=O)C2)CCC1=O. The van der Waals surface area contributed by atoms with Crippen LogP contribution < -0.4 is 5.56 Å². The summed E-state index contributed by atoms with van der Waals surface area (Å²) >= 11 is 0. The third-order valence-corrected chi connectivity index (χ3v) is 5.42. The Hall–Kier alpha value is -2.22. The second kappa shape index (κ2) is 7.99. The molecule has 0 aliphatic carbocycles. The topological polar surface area (TPSA) is 95.6 Å². The standard InChI is InChI=1S/C18H26N4O4/c1-26-9-3-8-21-11-18(6-4-15(21)23)5-2-7-22(12-18)17(25)14-10-19-13-20-16(14)24/h10,13H,2-9,11-12H2,1H3,(H,19,20,24)/t18-/m1/s1. The molecule has 142 valence electrons. The number of hydrogen-bond acceptors (Lipinski definition) is 5. The fourth-order valence-corrected chi connectivity index (χ4v) is 4.09. The number of amides is 2. The normalized spacial score (nSPS) is 23.5. The largest absolute Gasteiger partial charge is 0.385 e. The van der Waals surface area contributed by atoms with Crippen LogP contribution in [0.5, 0.6) is 0 Å². The zero-order valence-electron chi connectivity index (χ0n) is 15.2. The zero-order chi connectivity index (χ0) is 18.6. The molecule has 8 heteroatoms. The number of hydrogen-bond donors (Lipinski definition) is 1. The number of methoxy groups -OCH3 is 1. The van der Waals surface area contributed by atoms with E-state index in [0.717, 1.165) is 25.7 Å². The molecule has 1 aromatic rings. The van der Waals surface area contributed by atoms with E-state index in [2.05, 4.69) is 9.97 Å². The van der Waals surface area contributed by atoms with Gasteiger partial charge in [-0.15, -0.1) is 0 Å². The molecule has 0 aromatic carbocycles. The summed E-state index contributed by atoms with van der Waals surface area (Å²) in [6, 6.07) is 0. The van der Waals surface area contributed by atoms with E-state index < -0.39 is 5.56 Å². The predicted molar refractivity (Wildman–Crippen MR) is 94.7 cm³/mol. The first-order valence-electron chi connectivity index (χ1n) is 9.13. The highest BCUT2D eigenvalue weighted by Gasteiger charge is 2.42. The van der Waals surface area contributed by atoms with Crippen molar-refractivity contribution in [1.82, 2.24) is 19.8 Å². The van der Waals surface area contributed by atoms with E-state index in [0.29, 0.717) is 39.2 Å². The molecule has 2 saturated heterocycles. The molecule has 0 unspecified atom stereocenters. The number of likely N-dealkylation sites (tertiary alicyclic amines) is 2. The van der Waals surface area contributed by atoms with Crippen molar-refractivity contribution in [2.45, 2.75) is 32.1 Å². The molecule has 8 nitrogen and oxygen atoms in total. The van der Waals surface area contributed by atoms with Gasteiger partial charge in [-0.2, -0.15) is 0 Å². The lowest BCUT2D eigenvalue weighted by Crippen LogP contribution is -2.55. The Balaban J connectivity index is 1.70. The van der Waals surface area contributed by atoms with Gasteiger partial charge >= 0.3 is 0 Å². The molecular weight excluding hydrogens is 336 g/mol. The molecule has 1 spiro atoms. The molecule has 1 atom stereocenters. The molecule has 1 aromatic heterocycles. The second-order valence-corrected chi connectivity index (χ2v) is 7.29. The van der Waals surface area contributed by atoms with Crippen LogP contribution in [0.4, 0.5) is 0 Å². The maximum Gasteiger partial charge on any atom is 0.263 e. The number of H-pyrrole nitrogens is 1. The Labute approximate surface area is 152 Å². The van der Waals surface area contributed by atoms with Gasteiger partial charge in [-0.3, -0.25) is 14.4 Å². The highest BCUT2D eigenvalue weighted by atomic mass is 16.5. The van der Waals surface area contributed by atoms with E-state index in [1.165, 1.54) is 12.5 Å². The number of piperidine rings is 2. The van der Waals surface area contributed by atoms with Crippen LogP contribution in [0.2, 0.25) is 0 Å². The van der Waals surface area contributed by atoms with Gasteiger partial charge in [0, 0.05) is 57.9 Å². The molecule has 3 rings (SSSR count). The van der Waals surface area contributed by atoms with Crippen molar-refractivity contribution < 1.29 is 14.3 Å². The van der Waals surface area contributed by atoms with Crippen molar-refractivity contribution >= 4 is 11.8 Å². The van der Waals surface area contributed by atoms with E-state index in [9.17, 15) is 14.4 Å². The molecule has 2 aliphatic heterocycles. The van der Waals surface area contributed by atoms with E-state index in [1.54, 1.807) is 12.0 Å². The number of nitrogens with zero attached hydrogens (tertiary/aromatic N) is 3. The Morgan fingerprint density at radius 3 is 2.96 bits per heavy atom. The minimum absolute atomic E-state index is 0.0772. The Morgan fingerprint density at radius 2 is 2.19 bits per heavy atom. The molecule has 2 fully saturated rings. The molecule has 0 bridgehead atoms. The third-order valence-electron chi connectivity index (χ3n) is 5.42. The van der Waals surface area contributed by atoms with Crippen LogP contribution in [-0.2, 0) is 9.53 Å². The molecule has 0 radical (unpaired) electrons. The summed E-state index contributed by atoms with van der Waals surface area (Å²) in [5.41, 5.74) is -0.415. The van der Waals surface area contributed by atoms with Crippen molar-refractivity contribution in [2.24, 2.45) is 5.41 Å². The number of carbonyl (C=O) groups is 2. The molecule has 1 N–H and O–H groups in total. The maximum absolute atomic E-state index is 12.8. The van der Waals surface area contributed by atoms with Crippen LogP contribution in [0.25, 0.3) is 0 Å². The van der Waals surface area contributed by atoms with Crippen molar-refractivity contribution in [1.29, 1.82) is 0 Å². The number of nitrogens with one attached hydrogen (secondary N) is 1. The quantitative estimate of drug-likeness (QED) is 0.776. The fourth-order valence-electron chi connectivity index (χ4n) is 4.09. The zero-order valence-corrected chi connectivity index (χ0v) is 15.2. The van der Waals surface area contributed by atoms with Gasteiger partial charge in [0.1, 0.15) is 5.56 Å². The van der Waals surface area contributed by atoms with Gasteiger partial charge in [0.05, 0.1) is 6.33 Å². The minimum Gasteiger partial charge on any atom is -0.385 e. The molecule has 3 heterocycles. The number of rotatable bonds is 5. The van der Waals surface area contributed by atoms with Gasteiger partial charge in [-0.25, -0.2) is 4.98 Å². The summed E-state index contributed by atoms with van der Waals surface area (Å²) in [6.45, 7) is 3.19. The van der Waals surface area contributed by atoms with Gasteiger partial charge in [0.25, 0.3) is 11.5 Å². The van der Waals surface area contributed by atoms with Crippen LogP contribution in [0.1, 0.15) is 42.5 Å². The smallest absolute Gasteiger partial charge is 0.263 e. The summed E-state index contributed by atoms with van der Waals surface area (Å²) in [6.07, 6.45) is 6.60. The lowest BCUT2D eigenvalue weighted by molar-refractivity contribution is -0.139. The van der Waals surface area contributed by atoms with Crippen LogP contribution in [0, 0.1) is 5.41 Å². The van der Waals surface area contributed by atoms with E-state index in [1.807, 2.05) is 4.90 Å². The first-order chi connectivity index (χ1) is 12.5. The lowest BCUT2D eigenvalue weighted by atomic mass is 9.73. The van der Waals surface area contributed by atoms with Crippen molar-refractivity contribution in [3.8, 4) is 0 Å². The first-order valence-corrected chi connectivity index (χ1v) is 9.13. The number of aromatic nitrogens is 2. The van der Waals surface area contributed by atoms with E-state index in [4.69, 9.17) is 4.74 Å². The van der Waals surface area contributed by atoms with Gasteiger partial charge in [0.2, 0.25) is 5.91 Å². The molecule has 26 heavy (non-hydrogen) atoms. The minimum atomic E-state index is -0.412. The molecule has 0 saturated carbocycles. The van der Waals surface area contributed by atoms with E-state index in [-0.39, 0.29) is 22.8 Å². The third kappa shape index (κ3) is 3.95. The summed E-state index contributed by atoms with van der Waals surface area (Å²) in [5.74, 6) is -0.0971. The van der Waals surface area contributed by atoms with Gasteiger partial charge in [-0.1, -0.05) is 0 Å². The predicted octanol–water partition coefficient (Wildman–Crippen LogP) is 0.651. The van der Waals surface area contributed by atoms with Gasteiger partial charge < -0.3 is 19.5 Å². The lowest BCUT2D eigenvalue weighted by Gasteiger charge is -2.48. The summed E-state index contributed by atoms with van der Waals surface area (Å²) < 4.78 is 5.08. The van der Waals surface area contributed by atoms with Crippen LogP contribution in [0.3, 0.4) is 0 Å². The second-order valence-electron chi connectivity index (χ2n) is 7.29. The molecular formula is C18H26N4O4. The Kier molecular flexibility index (Phi) is 5.70. The van der Waals surface area contributed by atoms with Gasteiger partial charge in [-0.05, 0) is 25.7 Å². The molecule has 2 aliphatic rings. The van der Waals surface area contributed by atoms with Crippen LogP contribution in [-0.4, -0.2) is 71.5 Å².